The van der Waals surface area contributed by atoms with Crippen LogP contribution in [0.3, 0.4) is 0 Å². The summed E-state index contributed by atoms with van der Waals surface area (Å²) in [7, 11) is 0. The number of fused-ring (bicyclic) bond motifs is 1. The molecule has 23 heavy (non-hydrogen) atoms. The monoisotopic (exact) mass is 439 g/mol. The standard InChI is InChI=1S/C16H17F3INO2/c1-3-6-23-14-9-11-4-5-21(15(22)16(17,18)19)10(2)7-12(11)8-13(14)20/h3,8-10H,1,4-7H2,2H3. The molecule has 0 N–H and O–H groups in total. The van der Waals surface area contributed by atoms with Crippen LogP contribution in [0.5, 0.6) is 5.75 Å². The number of halogens is 4. The molecule has 1 unspecified atom stereocenters. The first-order valence-corrected chi connectivity index (χ1v) is 8.24. The van der Waals surface area contributed by atoms with Crippen molar-refractivity contribution in [2.45, 2.75) is 32.0 Å². The van der Waals surface area contributed by atoms with Crippen molar-refractivity contribution in [1.29, 1.82) is 0 Å². The van der Waals surface area contributed by atoms with Crippen LogP contribution >= 0.6 is 22.6 Å². The molecule has 1 atom stereocenters. The molecule has 0 bridgehead atoms. The first-order valence-electron chi connectivity index (χ1n) is 7.16. The average Bonchev–Trinajstić information content (AvgIpc) is 2.61. The summed E-state index contributed by atoms with van der Waals surface area (Å²) >= 11 is 2.14. The molecule has 0 radical (unpaired) electrons. The summed E-state index contributed by atoms with van der Waals surface area (Å²) in [6.45, 7) is 5.65. The number of amides is 1. The van der Waals surface area contributed by atoms with Gasteiger partial charge in [-0.05, 0) is 65.6 Å². The Morgan fingerprint density at radius 2 is 2.17 bits per heavy atom. The molecule has 1 aliphatic heterocycles. The average molecular weight is 439 g/mol. The highest BCUT2D eigenvalue weighted by Gasteiger charge is 2.44. The van der Waals surface area contributed by atoms with Crippen molar-refractivity contribution in [2.75, 3.05) is 13.2 Å². The summed E-state index contributed by atoms with van der Waals surface area (Å²) in [4.78, 5) is 12.5. The highest BCUT2D eigenvalue weighted by Crippen LogP contribution is 2.30. The van der Waals surface area contributed by atoms with Crippen molar-refractivity contribution < 1.29 is 22.7 Å². The van der Waals surface area contributed by atoms with Gasteiger partial charge in [0.15, 0.2) is 0 Å². The minimum absolute atomic E-state index is 0.0496. The lowest BCUT2D eigenvalue weighted by molar-refractivity contribution is -0.187. The van der Waals surface area contributed by atoms with E-state index in [9.17, 15) is 18.0 Å². The maximum absolute atomic E-state index is 12.7. The molecule has 1 aromatic carbocycles. The van der Waals surface area contributed by atoms with Gasteiger partial charge >= 0.3 is 12.1 Å². The van der Waals surface area contributed by atoms with Gasteiger partial charge in [-0.3, -0.25) is 4.79 Å². The molecule has 2 rings (SSSR count). The number of rotatable bonds is 3. The maximum atomic E-state index is 12.7. The summed E-state index contributed by atoms with van der Waals surface area (Å²) < 4.78 is 44.6. The lowest BCUT2D eigenvalue weighted by atomic mass is 10.0. The van der Waals surface area contributed by atoms with Crippen molar-refractivity contribution in [2.24, 2.45) is 0 Å². The number of alkyl halides is 3. The molecule has 0 aliphatic carbocycles. The van der Waals surface area contributed by atoms with E-state index in [1.165, 1.54) is 0 Å². The first-order chi connectivity index (χ1) is 10.7. The van der Waals surface area contributed by atoms with Gasteiger partial charge in [-0.1, -0.05) is 12.7 Å². The van der Waals surface area contributed by atoms with E-state index in [2.05, 4.69) is 29.2 Å². The number of carbonyl (C=O) groups excluding carboxylic acids is 1. The third kappa shape index (κ3) is 4.19. The zero-order valence-electron chi connectivity index (χ0n) is 12.6. The minimum Gasteiger partial charge on any atom is -0.488 e. The zero-order valence-corrected chi connectivity index (χ0v) is 14.8. The predicted molar refractivity (Wildman–Crippen MR) is 89.5 cm³/mol. The first kappa shape index (κ1) is 18.1. The molecule has 3 nitrogen and oxygen atoms in total. The summed E-state index contributed by atoms with van der Waals surface area (Å²) in [5.74, 6) is -1.08. The van der Waals surface area contributed by atoms with Crippen LogP contribution < -0.4 is 4.74 Å². The fourth-order valence-corrected chi connectivity index (χ4v) is 3.36. The molecule has 0 fully saturated rings. The van der Waals surface area contributed by atoms with Crippen LogP contribution in [0.2, 0.25) is 0 Å². The van der Waals surface area contributed by atoms with Crippen molar-refractivity contribution in [3.63, 3.8) is 0 Å². The molecule has 0 saturated heterocycles. The number of ether oxygens (including phenoxy) is 1. The van der Waals surface area contributed by atoms with E-state index < -0.39 is 18.1 Å². The molecular weight excluding hydrogens is 422 g/mol. The van der Waals surface area contributed by atoms with Gasteiger partial charge in [0.25, 0.3) is 0 Å². The number of carbonyl (C=O) groups is 1. The van der Waals surface area contributed by atoms with Gasteiger partial charge < -0.3 is 9.64 Å². The second kappa shape index (κ2) is 7.11. The SMILES string of the molecule is C=CCOc1cc2c(cc1I)CC(C)N(C(=O)C(F)(F)F)CC2. The normalized spacial score (nSPS) is 18.1. The Morgan fingerprint density at radius 1 is 1.48 bits per heavy atom. The molecule has 0 saturated carbocycles. The van der Waals surface area contributed by atoms with Crippen molar-refractivity contribution in [3.05, 3.63) is 39.5 Å². The maximum Gasteiger partial charge on any atom is 0.471 e. The topological polar surface area (TPSA) is 29.5 Å². The Kier molecular flexibility index (Phi) is 5.59. The molecule has 1 heterocycles. The van der Waals surface area contributed by atoms with Crippen molar-refractivity contribution in [1.82, 2.24) is 4.90 Å². The van der Waals surface area contributed by atoms with E-state index in [-0.39, 0.29) is 6.54 Å². The van der Waals surface area contributed by atoms with E-state index in [1.807, 2.05) is 12.1 Å². The van der Waals surface area contributed by atoms with Gasteiger partial charge in [-0.25, -0.2) is 0 Å². The fourth-order valence-electron chi connectivity index (χ4n) is 2.67. The molecule has 1 aromatic rings. The van der Waals surface area contributed by atoms with E-state index in [0.29, 0.717) is 25.2 Å². The second-order valence-electron chi connectivity index (χ2n) is 5.45. The summed E-state index contributed by atoms with van der Waals surface area (Å²) in [5, 5.41) is 0. The van der Waals surface area contributed by atoms with Gasteiger partial charge in [-0.15, -0.1) is 0 Å². The molecule has 1 aliphatic rings. The van der Waals surface area contributed by atoms with Gasteiger partial charge in [0.2, 0.25) is 0 Å². The molecule has 0 aromatic heterocycles. The molecule has 7 heteroatoms. The Balaban J connectivity index is 2.26. The van der Waals surface area contributed by atoms with E-state index >= 15 is 0 Å². The quantitative estimate of drug-likeness (QED) is 0.531. The summed E-state index contributed by atoms with van der Waals surface area (Å²) in [5.41, 5.74) is 1.89. The van der Waals surface area contributed by atoms with Crippen LogP contribution in [0.1, 0.15) is 18.1 Å². The van der Waals surface area contributed by atoms with Crippen LogP contribution in [0, 0.1) is 3.57 Å². The highest BCUT2D eigenvalue weighted by molar-refractivity contribution is 14.1. The largest absolute Gasteiger partial charge is 0.488 e. The van der Waals surface area contributed by atoms with E-state index in [1.54, 1.807) is 13.0 Å². The number of hydrogen-bond donors (Lipinski definition) is 0. The predicted octanol–water partition coefficient (Wildman–Crippen LogP) is 3.73. The Labute approximate surface area is 146 Å². The number of nitrogens with zero attached hydrogens (tertiary/aromatic N) is 1. The van der Waals surface area contributed by atoms with Crippen LogP contribution in [-0.4, -0.2) is 36.2 Å². The van der Waals surface area contributed by atoms with Gasteiger partial charge in [0.1, 0.15) is 12.4 Å². The summed E-state index contributed by atoms with van der Waals surface area (Å²) in [6.07, 6.45) is -2.43. The van der Waals surface area contributed by atoms with E-state index in [4.69, 9.17) is 4.74 Å². The van der Waals surface area contributed by atoms with Gasteiger partial charge in [0.05, 0.1) is 3.57 Å². The van der Waals surface area contributed by atoms with Gasteiger partial charge in [0, 0.05) is 12.6 Å². The smallest absolute Gasteiger partial charge is 0.471 e. The summed E-state index contributed by atoms with van der Waals surface area (Å²) in [6, 6.07) is 3.28. The molecule has 0 spiro atoms. The van der Waals surface area contributed by atoms with Crippen LogP contribution in [-0.2, 0) is 17.6 Å². The minimum atomic E-state index is -4.84. The zero-order chi connectivity index (χ0) is 17.2. The Bertz CT molecular complexity index is 616. The van der Waals surface area contributed by atoms with E-state index in [0.717, 1.165) is 19.6 Å². The molecular formula is C16H17F3INO2. The lowest BCUT2D eigenvalue weighted by Gasteiger charge is -2.27. The fraction of sp³-hybridized carbons (Fsp3) is 0.438. The Hall–Kier alpha value is -1.25. The van der Waals surface area contributed by atoms with Crippen LogP contribution in [0.15, 0.2) is 24.8 Å². The third-order valence-corrected chi connectivity index (χ3v) is 4.63. The van der Waals surface area contributed by atoms with Crippen LogP contribution in [0.25, 0.3) is 0 Å². The van der Waals surface area contributed by atoms with Crippen LogP contribution in [0.4, 0.5) is 13.2 Å². The van der Waals surface area contributed by atoms with Crippen molar-refractivity contribution >= 4 is 28.5 Å². The van der Waals surface area contributed by atoms with Crippen molar-refractivity contribution in [3.8, 4) is 5.75 Å². The second-order valence-corrected chi connectivity index (χ2v) is 6.61. The molecule has 126 valence electrons. The number of benzene rings is 1. The van der Waals surface area contributed by atoms with Gasteiger partial charge in [-0.2, -0.15) is 13.2 Å². The molecule has 1 amide bonds. The number of hydrogen-bond acceptors (Lipinski definition) is 2. The highest BCUT2D eigenvalue weighted by atomic mass is 127. The lowest BCUT2D eigenvalue weighted by Crippen LogP contribution is -2.46. The third-order valence-electron chi connectivity index (χ3n) is 3.78. The Morgan fingerprint density at radius 3 is 2.78 bits per heavy atom.